The van der Waals surface area contributed by atoms with E-state index in [-0.39, 0.29) is 31.3 Å². The molecule has 2 heterocycles. The highest BCUT2D eigenvalue weighted by molar-refractivity contribution is 6.04. The molecule has 0 saturated carbocycles. The number of carbonyl (C=O) groups excluding carboxylic acids is 2. The fraction of sp³-hybridized carbons (Fsp3) is 0.412. The van der Waals surface area contributed by atoms with E-state index in [4.69, 9.17) is 9.84 Å². The molecule has 10 heteroatoms. The summed E-state index contributed by atoms with van der Waals surface area (Å²) in [6.07, 6.45) is 2.32. The molecule has 3 rings (SSSR count). The van der Waals surface area contributed by atoms with Gasteiger partial charge in [-0.1, -0.05) is 5.21 Å². The van der Waals surface area contributed by atoms with E-state index in [0.29, 0.717) is 31.0 Å². The topological polar surface area (TPSA) is 110 Å². The van der Waals surface area contributed by atoms with Gasteiger partial charge < -0.3 is 15.2 Å². The highest BCUT2D eigenvalue weighted by Gasteiger charge is 2.37. The number of nitrogens with zero attached hydrogens (tertiary/aromatic N) is 4. The second-order valence-corrected chi connectivity index (χ2v) is 6.05. The van der Waals surface area contributed by atoms with E-state index in [1.165, 1.54) is 28.9 Å². The summed E-state index contributed by atoms with van der Waals surface area (Å²) in [4.78, 5) is 25.6. The van der Waals surface area contributed by atoms with Crippen molar-refractivity contribution >= 4 is 11.9 Å². The van der Waals surface area contributed by atoms with Crippen LogP contribution in [0.25, 0.3) is 0 Å². The van der Waals surface area contributed by atoms with Gasteiger partial charge in [-0.2, -0.15) is 0 Å². The van der Waals surface area contributed by atoms with Crippen LogP contribution in [0.1, 0.15) is 12.1 Å². The molecule has 27 heavy (non-hydrogen) atoms. The Morgan fingerprint density at radius 1 is 1.22 bits per heavy atom. The van der Waals surface area contributed by atoms with Gasteiger partial charge in [-0.15, -0.1) is 5.10 Å². The number of halogens is 1. The zero-order valence-corrected chi connectivity index (χ0v) is 14.5. The number of nitrogens with one attached hydrogen (secondary N) is 1. The fourth-order valence-electron chi connectivity index (χ4n) is 2.72. The first-order chi connectivity index (χ1) is 13.1. The normalized spacial score (nSPS) is 16.7. The number of aliphatic hydroxyl groups excluding tert-OH is 1. The summed E-state index contributed by atoms with van der Waals surface area (Å²) in [6.45, 7) is 0.774. The molecule has 1 atom stereocenters. The quantitative estimate of drug-likeness (QED) is 0.482. The number of imide groups is 1. The molecule has 1 aromatic heterocycles. The smallest absolute Gasteiger partial charge is 0.324 e. The van der Waals surface area contributed by atoms with Crippen molar-refractivity contribution in [3.05, 3.63) is 42.0 Å². The average molecular weight is 377 g/mol. The van der Waals surface area contributed by atoms with Gasteiger partial charge in [0.05, 0.1) is 25.5 Å². The van der Waals surface area contributed by atoms with Crippen molar-refractivity contribution in [1.82, 2.24) is 25.2 Å². The van der Waals surface area contributed by atoms with Gasteiger partial charge in [-0.05, 0) is 30.7 Å². The molecule has 0 unspecified atom stereocenters. The van der Waals surface area contributed by atoms with Crippen molar-refractivity contribution in [2.45, 2.75) is 25.4 Å². The van der Waals surface area contributed by atoms with Crippen LogP contribution < -0.4 is 10.1 Å². The van der Waals surface area contributed by atoms with Crippen molar-refractivity contribution in [3.63, 3.8) is 0 Å². The average Bonchev–Trinajstić information content (AvgIpc) is 3.19. The molecular formula is C17H20FN5O4. The van der Waals surface area contributed by atoms with E-state index in [1.807, 2.05) is 0 Å². The van der Waals surface area contributed by atoms with Crippen molar-refractivity contribution in [3.8, 4) is 5.75 Å². The molecule has 144 valence electrons. The standard InChI is InChI=1S/C17H20FN5O4/c18-12-2-4-14(5-3-12)27-9-1-6-23-16(25)15(19-17(23)26)10-13-11-22(7-8-24)21-20-13/h2-5,11,15,24H,1,6-10H2,(H,19,26)/t15-/m1/s1. The predicted octanol–water partition coefficient (Wildman–Crippen LogP) is 0.341. The molecule has 2 aromatic rings. The van der Waals surface area contributed by atoms with Crippen LogP contribution >= 0.6 is 0 Å². The Morgan fingerprint density at radius 2 is 2.00 bits per heavy atom. The summed E-state index contributed by atoms with van der Waals surface area (Å²) in [7, 11) is 0. The predicted molar refractivity (Wildman–Crippen MR) is 91.4 cm³/mol. The number of ether oxygens (including phenoxy) is 1. The third kappa shape index (κ3) is 4.79. The van der Waals surface area contributed by atoms with E-state index >= 15 is 0 Å². The van der Waals surface area contributed by atoms with Crippen molar-refractivity contribution in [2.75, 3.05) is 19.8 Å². The maximum Gasteiger partial charge on any atom is 0.324 e. The van der Waals surface area contributed by atoms with Crippen molar-refractivity contribution < 1.29 is 23.8 Å². The van der Waals surface area contributed by atoms with E-state index in [9.17, 15) is 14.0 Å². The summed E-state index contributed by atoms with van der Waals surface area (Å²) < 4.78 is 19.8. The number of urea groups is 1. The molecule has 9 nitrogen and oxygen atoms in total. The lowest BCUT2D eigenvalue weighted by atomic mass is 10.1. The molecule has 1 saturated heterocycles. The first-order valence-corrected chi connectivity index (χ1v) is 8.57. The Hall–Kier alpha value is -3.01. The molecular weight excluding hydrogens is 357 g/mol. The number of hydrogen-bond acceptors (Lipinski definition) is 6. The molecule has 3 amide bonds. The van der Waals surface area contributed by atoms with Gasteiger partial charge in [0.15, 0.2) is 0 Å². The second kappa shape index (κ2) is 8.58. The monoisotopic (exact) mass is 377 g/mol. The summed E-state index contributed by atoms with van der Waals surface area (Å²) in [5, 5.41) is 19.3. The minimum Gasteiger partial charge on any atom is -0.494 e. The Balaban J connectivity index is 1.46. The van der Waals surface area contributed by atoms with Crippen LogP contribution in [0, 0.1) is 5.82 Å². The second-order valence-electron chi connectivity index (χ2n) is 6.05. The maximum atomic E-state index is 12.8. The highest BCUT2D eigenvalue weighted by atomic mass is 19.1. The minimum absolute atomic E-state index is 0.0599. The van der Waals surface area contributed by atoms with Gasteiger partial charge >= 0.3 is 6.03 Å². The van der Waals surface area contributed by atoms with Gasteiger partial charge in [0.25, 0.3) is 5.91 Å². The summed E-state index contributed by atoms with van der Waals surface area (Å²) in [6, 6.07) is 4.50. The summed E-state index contributed by atoms with van der Waals surface area (Å²) in [5.74, 6) is -0.139. The molecule has 0 spiro atoms. The summed E-state index contributed by atoms with van der Waals surface area (Å²) in [5.41, 5.74) is 0.559. The number of aliphatic hydroxyl groups is 1. The van der Waals surface area contributed by atoms with Crippen LogP contribution in [-0.2, 0) is 17.8 Å². The SMILES string of the molecule is O=C1N[C@H](Cc2cn(CCO)nn2)C(=O)N1CCCOc1ccc(F)cc1. The van der Waals surface area contributed by atoms with Crippen LogP contribution in [0.4, 0.5) is 9.18 Å². The molecule has 0 aliphatic carbocycles. The van der Waals surface area contributed by atoms with E-state index < -0.39 is 12.1 Å². The van der Waals surface area contributed by atoms with Gasteiger partial charge in [-0.3, -0.25) is 9.69 Å². The Morgan fingerprint density at radius 3 is 2.74 bits per heavy atom. The molecule has 0 bridgehead atoms. The van der Waals surface area contributed by atoms with Crippen LogP contribution in [0.5, 0.6) is 5.75 Å². The largest absolute Gasteiger partial charge is 0.494 e. The van der Waals surface area contributed by atoms with Crippen molar-refractivity contribution in [1.29, 1.82) is 0 Å². The molecule has 0 radical (unpaired) electrons. The number of rotatable bonds is 9. The first kappa shape index (κ1) is 18.8. The zero-order chi connectivity index (χ0) is 19.2. The molecule has 1 aliphatic rings. The Kier molecular flexibility index (Phi) is 5.97. The van der Waals surface area contributed by atoms with E-state index in [2.05, 4.69) is 15.6 Å². The summed E-state index contributed by atoms with van der Waals surface area (Å²) >= 11 is 0. The number of benzene rings is 1. The first-order valence-electron chi connectivity index (χ1n) is 8.57. The third-order valence-corrected chi connectivity index (χ3v) is 4.04. The maximum absolute atomic E-state index is 12.8. The number of amides is 3. The number of aromatic nitrogens is 3. The van der Waals surface area contributed by atoms with Gasteiger partial charge in [0, 0.05) is 19.2 Å². The lowest BCUT2D eigenvalue weighted by molar-refractivity contribution is -0.127. The van der Waals surface area contributed by atoms with Gasteiger partial charge in [-0.25, -0.2) is 13.9 Å². The zero-order valence-electron chi connectivity index (χ0n) is 14.5. The van der Waals surface area contributed by atoms with Crippen LogP contribution in [0.2, 0.25) is 0 Å². The Bertz CT molecular complexity index is 795. The third-order valence-electron chi connectivity index (χ3n) is 4.04. The molecule has 1 fully saturated rings. The molecule has 2 N–H and O–H groups in total. The van der Waals surface area contributed by atoms with E-state index in [0.717, 1.165) is 4.90 Å². The minimum atomic E-state index is -0.685. The molecule has 1 aliphatic heterocycles. The van der Waals surface area contributed by atoms with Crippen LogP contribution in [0.3, 0.4) is 0 Å². The van der Waals surface area contributed by atoms with E-state index in [1.54, 1.807) is 6.20 Å². The lowest BCUT2D eigenvalue weighted by Crippen LogP contribution is -2.33. The molecule has 1 aromatic carbocycles. The highest BCUT2D eigenvalue weighted by Crippen LogP contribution is 2.13. The number of carbonyl (C=O) groups is 2. The Labute approximate surface area is 154 Å². The van der Waals surface area contributed by atoms with Gasteiger partial charge in [0.1, 0.15) is 17.6 Å². The van der Waals surface area contributed by atoms with Crippen LogP contribution in [0.15, 0.2) is 30.5 Å². The van der Waals surface area contributed by atoms with Crippen molar-refractivity contribution in [2.24, 2.45) is 0 Å². The van der Waals surface area contributed by atoms with Gasteiger partial charge in [0.2, 0.25) is 0 Å². The number of hydrogen-bond donors (Lipinski definition) is 2. The van der Waals surface area contributed by atoms with Crippen LogP contribution in [-0.4, -0.2) is 62.7 Å². The lowest BCUT2D eigenvalue weighted by Gasteiger charge is -2.13. The fourth-order valence-corrected chi connectivity index (χ4v) is 2.72.